The van der Waals surface area contributed by atoms with Gasteiger partial charge >= 0.3 is 5.97 Å². The minimum absolute atomic E-state index is 0.0660. The van der Waals surface area contributed by atoms with Gasteiger partial charge in [-0.1, -0.05) is 34.1 Å². The molecule has 0 saturated carbocycles. The summed E-state index contributed by atoms with van der Waals surface area (Å²) in [4.78, 5) is 30.7. The lowest BCUT2D eigenvalue weighted by atomic mass is 9.73. The summed E-state index contributed by atoms with van der Waals surface area (Å²) in [5, 5.41) is 24.5. The average Bonchev–Trinajstić information content (AvgIpc) is 3.23. The van der Waals surface area contributed by atoms with Crippen LogP contribution in [0, 0.1) is 17.3 Å². The Morgan fingerprint density at radius 2 is 1.97 bits per heavy atom. The first kappa shape index (κ1) is 28.9. The predicted molar refractivity (Wildman–Crippen MR) is 139 cm³/mol. The van der Waals surface area contributed by atoms with E-state index in [1.807, 2.05) is 25.3 Å². The molecule has 2 aliphatic heterocycles. The second kappa shape index (κ2) is 11.4. The summed E-state index contributed by atoms with van der Waals surface area (Å²) in [7, 11) is 0. The number of nitrogens with zero attached hydrogens (tertiary/aromatic N) is 1. The first-order valence-corrected chi connectivity index (χ1v) is 13.8. The van der Waals surface area contributed by atoms with Gasteiger partial charge in [0.2, 0.25) is 0 Å². The van der Waals surface area contributed by atoms with Gasteiger partial charge in [-0.05, 0) is 44.3 Å². The monoisotopic (exact) mass is 522 g/mol. The van der Waals surface area contributed by atoms with Crippen molar-refractivity contribution >= 4 is 29.2 Å². The number of thiazole rings is 1. The van der Waals surface area contributed by atoms with E-state index in [2.05, 4.69) is 11.9 Å². The molecule has 2 saturated heterocycles. The Morgan fingerprint density at radius 1 is 1.28 bits per heavy atom. The largest absolute Gasteiger partial charge is 0.458 e. The maximum atomic E-state index is 13.2. The molecular formula is C27H42N2O6S. The van der Waals surface area contributed by atoms with Crippen LogP contribution < -0.4 is 5.73 Å². The fourth-order valence-electron chi connectivity index (χ4n) is 5.11. The van der Waals surface area contributed by atoms with Crippen molar-refractivity contribution in [3.8, 4) is 0 Å². The van der Waals surface area contributed by atoms with Crippen LogP contribution in [0.3, 0.4) is 0 Å². The number of hydrogen-bond acceptors (Lipinski definition) is 9. The molecule has 2 aliphatic rings. The lowest BCUT2D eigenvalue weighted by molar-refractivity contribution is -0.154. The van der Waals surface area contributed by atoms with Gasteiger partial charge < -0.3 is 25.4 Å². The molecule has 8 nitrogen and oxygen atoms in total. The number of cyclic esters (lactones) is 1. The summed E-state index contributed by atoms with van der Waals surface area (Å²) in [6.45, 7) is 11.2. The van der Waals surface area contributed by atoms with E-state index in [-0.39, 0.29) is 29.8 Å². The second-order valence-electron chi connectivity index (χ2n) is 11.3. The molecule has 2 unspecified atom stereocenters. The number of carbonyl (C=O) groups is 2. The van der Waals surface area contributed by atoms with E-state index in [4.69, 9.17) is 15.2 Å². The van der Waals surface area contributed by atoms with Gasteiger partial charge in [-0.15, -0.1) is 11.3 Å². The third kappa shape index (κ3) is 6.61. The number of fused-ring (bicyclic) bond motifs is 1. The Kier molecular flexibility index (Phi) is 9.15. The molecule has 0 aromatic carbocycles. The van der Waals surface area contributed by atoms with Gasteiger partial charge in [-0.3, -0.25) is 9.59 Å². The third-order valence-electron chi connectivity index (χ3n) is 8.03. The molecule has 1 aromatic heterocycles. The quantitative estimate of drug-likeness (QED) is 0.405. The molecule has 3 rings (SSSR count). The summed E-state index contributed by atoms with van der Waals surface area (Å²) in [6, 6.07) is 0. The Hall–Kier alpha value is -1.65. The molecule has 202 valence electrons. The highest BCUT2D eigenvalue weighted by Crippen LogP contribution is 2.45. The fourth-order valence-corrected chi connectivity index (χ4v) is 5.74. The SMILES string of the molecule is CC(=Cc1csc(CN)n1)[C@@H]1C[C@@H]2O[C@]2(C)CCC[C@H](C)C(O)C(C)C(=O)C(C)(C)[C@@H](O)CC(=O)O1. The highest BCUT2D eigenvalue weighted by atomic mass is 32.1. The fraction of sp³-hybridized carbons (Fsp3) is 0.741. The summed E-state index contributed by atoms with van der Waals surface area (Å²) in [5.74, 6) is -1.59. The normalized spacial score (nSPS) is 36.8. The van der Waals surface area contributed by atoms with Gasteiger partial charge in [0.1, 0.15) is 16.9 Å². The van der Waals surface area contributed by atoms with Gasteiger partial charge in [-0.25, -0.2) is 4.98 Å². The average molecular weight is 523 g/mol. The third-order valence-corrected chi connectivity index (χ3v) is 8.92. The van der Waals surface area contributed by atoms with Crippen LogP contribution in [0.5, 0.6) is 0 Å². The van der Waals surface area contributed by atoms with Crippen LogP contribution in [0.1, 0.15) is 84.3 Å². The maximum absolute atomic E-state index is 13.2. The van der Waals surface area contributed by atoms with Crippen molar-refractivity contribution in [1.29, 1.82) is 0 Å². The lowest BCUT2D eigenvalue weighted by Crippen LogP contribution is -2.45. The highest BCUT2D eigenvalue weighted by Gasteiger charge is 2.53. The lowest BCUT2D eigenvalue weighted by Gasteiger charge is -2.34. The summed E-state index contributed by atoms with van der Waals surface area (Å²) >= 11 is 1.48. The first-order chi connectivity index (χ1) is 16.8. The number of aliphatic hydroxyl groups excluding tert-OH is 2. The van der Waals surface area contributed by atoms with E-state index >= 15 is 0 Å². The van der Waals surface area contributed by atoms with Gasteiger partial charge in [0.05, 0.1) is 41.4 Å². The zero-order chi connectivity index (χ0) is 26.8. The molecule has 9 heteroatoms. The topological polar surface area (TPSA) is 135 Å². The summed E-state index contributed by atoms with van der Waals surface area (Å²) < 4.78 is 11.9. The highest BCUT2D eigenvalue weighted by molar-refractivity contribution is 7.09. The van der Waals surface area contributed by atoms with Gasteiger partial charge in [0.25, 0.3) is 0 Å². The van der Waals surface area contributed by atoms with E-state index in [1.54, 1.807) is 20.8 Å². The summed E-state index contributed by atoms with van der Waals surface area (Å²) in [5.41, 5.74) is 5.74. The van der Waals surface area contributed by atoms with E-state index in [9.17, 15) is 19.8 Å². The van der Waals surface area contributed by atoms with Crippen molar-refractivity contribution in [3.05, 3.63) is 21.7 Å². The number of ketones is 1. The second-order valence-corrected chi connectivity index (χ2v) is 12.3. The van der Waals surface area contributed by atoms with Crippen molar-refractivity contribution in [1.82, 2.24) is 4.98 Å². The van der Waals surface area contributed by atoms with Crippen LogP contribution in [-0.2, 0) is 25.6 Å². The van der Waals surface area contributed by atoms with Crippen molar-refractivity contribution < 1.29 is 29.3 Å². The minimum atomic E-state index is -1.24. The van der Waals surface area contributed by atoms with E-state index in [1.165, 1.54) is 11.3 Å². The number of aliphatic hydroxyl groups is 2. The number of rotatable bonds is 3. The van der Waals surface area contributed by atoms with Gasteiger partial charge in [0, 0.05) is 24.3 Å². The molecule has 0 spiro atoms. The molecule has 0 aliphatic carbocycles. The molecule has 1 aromatic rings. The molecule has 3 heterocycles. The number of carbonyl (C=O) groups excluding carboxylic acids is 2. The van der Waals surface area contributed by atoms with Crippen LogP contribution in [0.15, 0.2) is 11.0 Å². The number of nitrogens with two attached hydrogens (primary N) is 1. The molecule has 2 fully saturated rings. The predicted octanol–water partition coefficient (Wildman–Crippen LogP) is 3.63. The van der Waals surface area contributed by atoms with Crippen LogP contribution in [0.25, 0.3) is 6.08 Å². The molecule has 0 amide bonds. The van der Waals surface area contributed by atoms with Crippen molar-refractivity contribution in [2.24, 2.45) is 23.0 Å². The van der Waals surface area contributed by atoms with Crippen LogP contribution in [-0.4, -0.2) is 57.0 Å². The molecule has 4 N–H and O–H groups in total. The number of ether oxygens (including phenoxy) is 2. The Morgan fingerprint density at radius 3 is 2.61 bits per heavy atom. The molecule has 36 heavy (non-hydrogen) atoms. The Balaban J connectivity index is 1.85. The summed E-state index contributed by atoms with van der Waals surface area (Å²) in [6.07, 6.45) is 1.80. The zero-order valence-corrected chi connectivity index (χ0v) is 23.1. The van der Waals surface area contributed by atoms with Crippen molar-refractivity contribution in [2.75, 3.05) is 0 Å². The zero-order valence-electron chi connectivity index (χ0n) is 22.3. The molecule has 0 bridgehead atoms. The smallest absolute Gasteiger partial charge is 0.309 e. The minimum Gasteiger partial charge on any atom is -0.458 e. The Labute approximate surface area is 218 Å². The van der Waals surface area contributed by atoms with E-state index in [0.29, 0.717) is 13.0 Å². The molecular weight excluding hydrogens is 480 g/mol. The van der Waals surface area contributed by atoms with Crippen molar-refractivity contribution in [3.63, 3.8) is 0 Å². The van der Waals surface area contributed by atoms with Gasteiger partial charge in [-0.2, -0.15) is 0 Å². The first-order valence-electron chi connectivity index (χ1n) is 12.9. The van der Waals surface area contributed by atoms with Crippen molar-refractivity contribution in [2.45, 2.75) is 110 Å². The number of epoxide rings is 1. The number of Topliss-reactive ketones (excluding diaryl/α,β-unsaturated/α-hetero) is 1. The standard InChI is InChI=1S/C27H42N2O6S/c1-15-8-7-9-27(6)21(35-27)11-19(16(2)10-18-14-36-22(13-28)29-18)34-23(31)12-20(30)26(4,5)25(33)17(3)24(15)32/h10,14-15,17,19-21,24,30,32H,7-9,11-13,28H2,1-6H3/t15-,17?,19-,20-,21-,24?,27+/m0/s1. The Bertz CT molecular complexity index is 975. The maximum Gasteiger partial charge on any atom is 0.309 e. The number of aromatic nitrogens is 1. The molecule has 7 atom stereocenters. The van der Waals surface area contributed by atoms with Gasteiger partial charge in [0.15, 0.2) is 0 Å². The number of esters is 1. The number of hydrogen-bond donors (Lipinski definition) is 3. The van der Waals surface area contributed by atoms with E-state index in [0.717, 1.165) is 35.5 Å². The van der Waals surface area contributed by atoms with Crippen LogP contribution in [0.4, 0.5) is 0 Å². The van der Waals surface area contributed by atoms with Crippen LogP contribution >= 0.6 is 11.3 Å². The molecule has 0 radical (unpaired) electrons. The van der Waals surface area contributed by atoms with E-state index < -0.39 is 35.6 Å². The van der Waals surface area contributed by atoms with Crippen LogP contribution in [0.2, 0.25) is 0 Å².